The van der Waals surface area contributed by atoms with Crippen molar-refractivity contribution in [2.24, 2.45) is 0 Å². The number of aliphatic carboxylic acids is 1. The molecule has 6 nitrogen and oxygen atoms in total. The van der Waals surface area contributed by atoms with Gasteiger partial charge in [0.2, 0.25) is 0 Å². The molecule has 0 aliphatic rings. The van der Waals surface area contributed by atoms with Gasteiger partial charge in [-0.2, -0.15) is 0 Å². The number of carboxylic acids is 1. The summed E-state index contributed by atoms with van der Waals surface area (Å²) >= 11 is 0. The summed E-state index contributed by atoms with van der Waals surface area (Å²) in [5, 5.41) is 25.6. The van der Waals surface area contributed by atoms with Crippen molar-refractivity contribution in [3.05, 3.63) is 0 Å². The molecule has 0 saturated carbocycles. The van der Waals surface area contributed by atoms with Crippen LogP contribution in [0.15, 0.2) is 0 Å². The number of rotatable bonds is 13. The Morgan fingerprint density at radius 2 is 1.43 bits per heavy atom. The first-order valence-electron chi connectivity index (χ1n) is 8.64. The molecule has 0 aliphatic carbocycles. The van der Waals surface area contributed by atoms with Crippen LogP contribution in [0.2, 0.25) is 0 Å². The second kappa shape index (κ2) is 18.9. The van der Waals surface area contributed by atoms with Crippen LogP contribution in [0.5, 0.6) is 0 Å². The van der Waals surface area contributed by atoms with E-state index in [1.807, 2.05) is 0 Å². The first kappa shape index (κ1) is 24.1. The zero-order chi connectivity index (χ0) is 17.9. The van der Waals surface area contributed by atoms with Crippen LogP contribution in [0.1, 0.15) is 78.1 Å². The molecular weight excluding hydrogens is 300 g/mol. The Morgan fingerprint density at radius 1 is 0.913 bits per heavy atom. The average Bonchev–Trinajstić information content (AvgIpc) is 2.53. The highest BCUT2D eigenvalue weighted by atomic mass is 16.5. The summed E-state index contributed by atoms with van der Waals surface area (Å²) in [6, 6.07) is 0. The molecule has 0 aromatic carbocycles. The fourth-order valence-corrected chi connectivity index (χ4v) is 1.71. The topological polar surface area (TPSA) is 104 Å². The lowest BCUT2D eigenvalue weighted by Gasteiger charge is -2.07. The van der Waals surface area contributed by atoms with Gasteiger partial charge in [-0.25, -0.2) is 0 Å². The minimum absolute atomic E-state index is 0.108. The summed E-state index contributed by atoms with van der Waals surface area (Å²) in [5.41, 5.74) is 0. The van der Waals surface area contributed by atoms with Gasteiger partial charge in [-0.1, -0.05) is 52.4 Å². The fraction of sp³-hybridized carbons (Fsp3) is 0.882. The van der Waals surface area contributed by atoms with Crippen molar-refractivity contribution in [3.63, 3.8) is 0 Å². The Morgan fingerprint density at radius 3 is 1.87 bits per heavy atom. The van der Waals surface area contributed by atoms with E-state index in [0.29, 0.717) is 12.8 Å². The number of aliphatic hydroxyl groups is 2. The normalized spacial score (nSPS) is 11.3. The van der Waals surface area contributed by atoms with Crippen molar-refractivity contribution in [2.45, 2.75) is 84.2 Å². The molecule has 0 fully saturated rings. The fourth-order valence-electron chi connectivity index (χ4n) is 1.71. The predicted molar refractivity (Wildman–Crippen MR) is 89.2 cm³/mol. The summed E-state index contributed by atoms with van der Waals surface area (Å²) in [6.07, 6.45) is 8.15. The lowest BCUT2D eigenvalue weighted by molar-refractivity contribution is -0.147. The third-order valence-electron chi connectivity index (χ3n) is 3.13. The van der Waals surface area contributed by atoms with E-state index >= 15 is 0 Å². The van der Waals surface area contributed by atoms with Crippen LogP contribution in [0.25, 0.3) is 0 Å². The maximum Gasteiger partial charge on any atom is 0.305 e. The molecule has 0 aromatic heterocycles. The first-order chi connectivity index (χ1) is 11.0. The number of carbonyl (C=O) groups excluding carboxylic acids is 1. The average molecular weight is 334 g/mol. The molecule has 23 heavy (non-hydrogen) atoms. The van der Waals surface area contributed by atoms with E-state index in [1.165, 1.54) is 6.42 Å². The number of hydrogen-bond acceptors (Lipinski definition) is 5. The second-order valence-electron chi connectivity index (χ2n) is 5.53. The van der Waals surface area contributed by atoms with Gasteiger partial charge in [0.25, 0.3) is 0 Å². The van der Waals surface area contributed by atoms with E-state index in [2.05, 4.69) is 13.8 Å². The number of carbonyl (C=O) groups is 2. The highest BCUT2D eigenvalue weighted by Crippen LogP contribution is 2.03. The zero-order valence-corrected chi connectivity index (χ0v) is 14.6. The largest absolute Gasteiger partial charge is 0.481 e. The van der Waals surface area contributed by atoms with Crippen molar-refractivity contribution >= 4 is 11.9 Å². The summed E-state index contributed by atoms with van der Waals surface area (Å²) in [7, 11) is 0. The van der Waals surface area contributed by atoms with E-state index in [4.69, 9.17) is 20.1 Å². The van der Waals surface area contributed by atoms with Crippen LogP contribution in [-0.4, -0.2) is 46.6 Å². The van der Waals surface area contributed by atoms with Crippen LogP contribution >= 0.6 is 0 Å². The third kappa shape index (κ3) is 23.3. The molecule has 1 unspecified atom stereocenters. The van der Waals surface area contributed by atoms with Crippen molar-refractivity contribution < 1.29 is 29.6 Å². The van der Waals surface area contributed by atoms with E-state index in [9.17, 15) is 9.59 Å². The van der Waals surface area contributed by atoms with Crippen molar-refractivity contribution in [3.8, 4) is 0 Å². The Kier molecular flexibility index (Phi) is 19.8. The smallest absolute Gasteiger partial charge is 0.305 e. The molecule has 1 atom stereocenters. The SMILES string of the molecule is CCCCCCC(=O)O.CCCCCCC(=O)OCC(O)CO. The van der Waals surface area contributed by atoms with Crippen LogP contribution in [-0.2, 0) is 14.3 Å². The van der Waals surface area contributed by atoms with Gasteiger partial charge in [0, 0.05) is 12.8 Å². The lowest BCUT2D eigenvalue weighted by Crippen LogP contribution is -2.21. The van der Waals surface area contributed by atoms with Crippen LogP contribution in [0, 0.1) is 0 Å². The minimum Gasteiger partial charge on any atom is -0.481 e. The highest BCUT2D eigenvalue weighted by Gasteiger charge is 2.06. The molecule has 0 bridgehead atoms. The highest BCUT2D eigenvalue weighted by molar-refractivity contribution is 5.69. The van der Waals surface area contributed by atoms with E-state index < -0.39 is 12.1 Å². The number of carboxylic acid groups (broad SMARTS) is 1. The first-order valence-corrected chi connectivity index (χ1v) is 8.64. The monoisotopic (exact) mass is 334 g/mol. The third-order valence-corrected chi connectivity index (χ3v) is 3.13. The second-order valence-corrected chi connectivity index (χ2v) is 5.53. The number of aliphatic hydroxyl groups excluding tert-OH is 2. The summed E-state index contributed by atoms with van der Waals surface area (Å²) in [6.45, 7) is 3.74. The molecule has 0 aromatic rings. The molecule has 0 saturated heterocycles. The standard InChI is InChI=1S/C10H20O4.C7H14O2/c1-2-3-4-5-6-10(13)14-8-9(12)7-11;1-2-3-4-5-6-7(8)9/h9,11-12H,2-8H2,1H3;2-6H2,1H3,(H,8,9). The molecule has 0 amide bonds. The van der Waals surface area contributed by atoms with Gasteiger partial charge in [-0.3, -0.25) is 9.59 Å². The zero-order valence-electron chi connectivity index (χ0n) is 14.6. The summed E-state index contributed by atoms with van der Waals surface area (Å²) in [4.78, 5) is 21.0. The maximum absolute atomic E-state index is 11.0. The van der Waals surface area contributed by atoms with E-state index in [-0.39, 0.29) is 19.2 Å². The molecule has 6 heteroatoms. The molecular formula is C17H34O6. The Bertz CT molecular complexity index is 280. The molecule has 0 aliphatic heterocycles. The van der Waals surface area contributed by atoms with Gasteiger partial charge in [0.15, 0.2) is 0 Å². The lowest BCUT2D eigenvalue weighted by atomic mass is 10.2. The Labute approximate surface area is 139 Å². The minimum atomic E-state index is -0.949. The van der Waals surface area contributed by atoms with Crippen molar-refractivity contribution in [1.29, 1.82) is 0 Å². The number of hydrogen-bond donors (Lipinski definition) is 3. The number of ether oxygens (including phenoxy) is 1. The summed E-state index contributed by atoms with van der Waals surface area (Å²) < 4.78 is 4.73. The number of unbranched alkanes of at least 4 members (excludes halogenated alkanes) is 6. The van der Waals surface area contributed by atoms with Crippen molar-refractivity contribution in [2.75, 3.05) is 13.2 Å². The quantitative estimate of drug-likeness (QED) is 0.353. The molecule has 138 valence electrons. The van der Waals surface area contributed by atoms with Crippen LogP contribution < -0.4 is 0 Å². The molecule has 0 heterocycles. The van der Waals surface area contributed by atoms with Crippen molar-refractivity contribution in [1.82, 2.24) is 0 Å². The van der Waals surface area contributed by atoms with E-state index in [0.717, 1.165) is 44.9 Å². The van der Waals surface area contributed by atoms with Gasteiger partial charge < -0.3 is 20.1 Å². The maximum atomic E-state index is 11.0. The molecule has 0 spiro atoms. The van der Waals surface area contributed by atoms with Gasteiger partial charge in [-0.15, -0.1) is 0 Å². The van der Waals surface area contributed by atoms with Gasteiger partial charge in [0.05, 0.1) is 6.61 Å². The number of esters is 1. The molecule has 0 radical (unpaired) electrons. The van der Waals surface area contributed by atoms with Gasteiger partial charge in [-0.05, 0) is 12.8 Å². The Hall–Kier alpha value is -1.14. The predicted octanol–water partition coefficient (Wildman–Crippen LogP) is 2.89. The van der Waals surface area contributed by atoms with Gasteiger partial charge in [0.1, 0.15) is 12.7 Å². The Balaban J connectivity index is 0. The van der Waals surface area contributed by atoms with Crippen LogP contribution in [0.4, 0.5) is 0 Å². The van der Waals surface area contributed by atoms with Gasteiger partial charge >= 0.3 is 11.9 Å². The summed E-state index contributed by atoms with van der Waals surface area (Å²) in [5.74, 6) is -0.972. The van der Waals surface area contributed by atoms with Crippen LogP contribution in [0.3, 0.4) is 0 Å². The molecule has 3 N–H and O–H groups in total. The molecule has 0 rings (SSSR count). The van der Waals surface area contributed by atoms with E-state index in [1.54, 1.807) is 0 Å².